The summed E-state index contributed by atoms with van der Waals surface area (Å²) in [5, 5.41) is 16.3. The van der Waals surface area contributed by atoms with Crippen LogP contribution in [0.25, 0.3) is 43.4 Å². The summed E-state index contributed by atoms with van der Waals surface area (Å²) >= 11 is 0. The van der Waals surface area contributed by atoms with E-state index in [2.05, 4.69) is 0 Å². The summed E-state index contributed by atoms with van der Waals surface area (Å²) in [5.74, 6) is -1.23. The third-order valence-corrected chi connectivity index (χ3v) is 5.53. The average Bonchev–Trinajstić information content (AvgIpc) is 2.71. The minimum Gasteiger partial charge on any atom is -0.545 e. The number of carbonyl (C=O) groups is 1. The van der Waals surface area contributed by atoms with Crippen LogP contribution in [0.2, 0.25) is 0 Å². The fourth-order valence-electron chi connectivity index (χ4n) is 4.37. The standard InChI is InChI=1S/C23H12N2O3/c26-22-17-7-1-4-13-5-2-8-18(20(13)17)24-12-14-10-11-16(23(27)28)15-6-3-9-19(21(14)15)25(22)24/h1-12H. The van der Waals surface area contributed by atoms with Crippen molar-refractivity contribution in [3.8, 4) is 0 Å². The van der Waals surface area contributed by atoms with Gasteiger partial charge in [-0.25, -0.2) is 0 Å². The van der Waals surface area contributed by atoms with Crippen molar-refractivity contribution in [3.63, 3.8) is 0 Å². The molecule has 4 aromatic carbocycles. The Morgan fingerprint density at radius 3 is 2.39 bits per heavy atom. The van der Waals surface area contributed by atoms with Crippen molar-refractivity contribution in [3.05, 3.63) is 88.8 Å². The quantitative estimate of drug-likeness (QED) is 0.255. The number of carboxylic acids is 1. The third kappa shape index (κ3) is 1.73. The molecule has 132 valence electrons. The molecule has 0 saturated carbocycles. The van der Waals surface area contributed by atoms with Crippen molar-refractivity contribution in [2.75, 3.05) is 0 Å². The van der Waals surface area contributed by atoms with Crippen molar-refractivity contribution in [1.29, 1.82) is 0 Å². The lowest BCUT2D eigenvalue weighted by atomic mass is 10.00. The Morgan fingerprint density at radius 2 is 1.57 bits per heavy atom. The Bertz CT molecular complexity index is 1660. The van der Waals surface area contributed by atoms with E-state index in [1.807, 2.05) is 53.2 Å². The van der Waals surface area contributed by atoms with E-state index in [0.29, 0.717) is 16.3 Å². The van der Waals surface area contributed by atoms with E-state index in [9.17, 15) is 14.7 Å². The molecule has 0 fully saturated rings. The first-order chi connectivity index (χ1) is 13.6. The van der Waals surface area contributed by atoms with Gasteiger partial charge in [0.1, 0.15) is 5.52 Å². The van der Waals surface area contributed by atoms with Crippen LogP contribution < -0.4 is 15.2 Å². The van der Waals surface area contributed by atoms with Crippen LogP contribution in [0.3, 0.4) is 0 Å². The highest BCUT2D eigenvalue weighted by atomic mass is 16.4. The molecule has 0 radical (unpaired) electrons. The molecule has 28 heavy (non-hydrogen) atoms. The molecule has 0 N–H and O–H groups in total. The van der Waals surface area contributed by atoms with E-state index in [1.54, 1.807) is 28.8 Å². The van der Waals surface area contributed by atoms with E-state index < -0.39 is 5.97 Å². The van der Waals surface area contributed by atoms with Gasteiger partial charge in [0.2, 0.25) is 11.7 Å². The van der Waals surface area contributed by atoms with Crippen molar-refractivity contribution in [1.82, 2.24) is 4.52 Å². The zero-order chi connectivity index (χ0) is 19.0. The van der Waals surface area contributed by atoms with Crippen molar-refractivity contribution in [2.24, 2.45) is 0 Å². The van der Waals surface area contributed by atoms with Crippen molar-refractivity contribution >= 4 is 49.3 Å². The Kier molecular flexibility index (Phi) is 2.72. The average molecular weight is 364 g/mol. The number of hydrogen-bond donors (Lipinski definition) is 0. The number of carboxylic acid groups (broad SMARTS) is 1. The normalized spacial score (nSPS) is 12.0. The monoisotopic (exact) mass is 364 g/mol. The number of nitrogens with zero attached hydrogens (tertiary/aromatic N) is 2. The Labute approximate surface area is 157 Å². The van der Waals surface area contributed by atoms with Gasteiger partial charge >= 0.3 is 5.56 Å². The molecule has 0 aliphatic carbocycles. The first-order valence-electron chi connectivity index (χ1n) is 8.92. The number of fused-ring (bicyclic) bond motifs is 3. The van der Waals surface area contributed by atoms with Gasteiger partial charge in [0.25, 0.3) is 0 Å². The van der Waals surface area contributed by atoms with Gasteiger partial charge < -0.3 is 9.90 Å². The van der Waals surface area contributed by atoms with Gasteiger partial charge in [-0.2, -0.15) is 0 Å². The summed E-state index contributed by atoms with van der Waals surface area (Å²) in [4.78, 5) is 25.0. The van der Waals surface area contributed by atoms with Gasteiger partial charge in [0, 0.05) is 17.0 Å². The van der Waals surface area contributed by atoms with Gasteiger partial charge in [-0.05, 0) is 29.0 Å². The summed E-state index contributed by atoms with van der Waals surface area (Å²) in [5.41, 5.74) is 1.56. The number of carbonyl (C=O) groups excluding carboxylic acids is 1. The Hall–Kier alpha value is -3.99. The highest BCUT2D eigenvalue weighted by Gasteiger charge is 2.21. The molecule has 2 aromatic heterocycles. The molecule has 0 aliphatic heterocycles. The van der Waals surface area contributed by atoms with E-state index in [0.717, 1.165) is 27.1 Å². The smallest absolute Gasteiger partial charge is 0.315 e. The number of benzene rings is 4. The number of aromatic nitrogens is 2. The molecule has 2 heterocycles. The molecular formula is C23H12N2O3. The predicted octanol–water partition coefficient (Wildman–Crippen LogP) is 2.30. The summed E-state index contributed by atoms with van der Waals surface area (Å²) in [7, 11) is 0. The molecule has 5 heteroatoms. The van der Waals surface area contributed by atoms with Gasteiger partial charge in [-0.3, -0.25) is 4.79 Å². The highest BCUT2D eigenvalue weighted by Crippen LogP contribution is 2.29. The second kappa shape index (κ2) is 5.04. The van der Waals surface area contributed by atoms with Gasteiger partial charge in [-0.15, -0.1) is 0 Å². The first kappa shape index (κ1) is 15.1. The van der Waals surface area contributed by atoms with Crippen molar-refractivity contribution in [2.45, 2.75) is 0 Å². The molecular weight excluding hydrogens is 352 g/mol. The van der Waals surface area contributed by atoms with Gasteiger partial charge in [0.15, 0.2) is 0 Å². The van der Waals surface area contributed by atoms with Crippen molar-refractivity contribution < 1.29 is 14.4 Å². The lowest BCUT2D eigenvalue weighted by Gasteiger charge is -2.12. The van der Waals surface area contributed by atoms with Crippen LogP contribution in [0, 0.1) is 0 Å². The van der Waals surface area contributed by atoms with Crippen LogP contribution in [0.1, 0.15) is 10.4 Å². The van der Waals surface area contributed by atoms with Crippen LogP contribution in [-0.4, -0.2) is 10.5 Å². The molecule has 0 unspecified atom stereocenters. The van der Waals surface area contributed by atoms with Gasteiger partial charge in [-0.1, -0.05) is 51.5 Å². The minimum atomic E-state index is -1.23. The zero-order valence-corrected chi connectivity index (χ0v) is 14.5. The SMILES string of the molecule is O=C([O-])c1ccc2c[n+]3c4cccc5cccc(c(=O)n3c3cccc1c23)c54. The van der Waals surface area contributed by atoms with E-state index >= 15 is 0 Å². The maximum atomic E-state index is 13.4. The fourth-order valence-corrected chi connectivity index (χ4v) is 4.37. The second-order valence-electron chi connectivity index (χ2n) is 6.96. The van der Waals surface area contributed by atoms with E-state index in [-0.39, 0.29) is 11.1 Å². The molecule has 0 aliphatic rings. The zero-order valence-electron chi connectivity index (χ0n) is 14.5. The summed E-state index contributed by atoms with van der Waals surface area (Å²) in [6, 6.07) is 20.3. The maximum absolute atomic E-state index is 13.4. The molecule has 6 rings (SSSR count). The highest BCUT2D eigenvalue weighted by molar-refractivity contribution is 6.15. The van der Waals surface area contributed by atoms with Crippen LogP contribution in [0.5, 0.6) is 0 Å². The summed E-state index contributed by atoms with van der Waals surface area (Å²) in [6.45, 7) is 0. The Balaban J connectivity index is 2.00. The molecule has 6 aromatic rings. The van der Waals surface area contributed by atoms with E-state index in [1.165, 1.54) is 0 Å². The number of rotatable bonds is 1. The fraction of sp³-hybridized carbons (Fsp3) is 0. The third-order valence-electron chi connectivity index (χ3n) is 5.53. The second-order valence-corrected chi connectivity index (χ2v) is 6.96. The molecule has 0 spiro atoms. The molecule has 5 nitrogen and oxygen atoms in total. The maximum Gasteiger partial charge on any atom is 0.315 e. The molecule has 0 amide bonds. The van der Waals surface area contributed by atoms with Crippen LogP contribution in [0.15, 0.2) is 77.7 Å². The Morgan fingerprint density at radius 1 is 0.821 bits per heavy atom. The topological polar surface area (TPSA) is 65.7 Å². The summed E-state index contributed by atoms with van der Waals surface area (Å²) in [6.07, 6.45) is 1.89. The van der Waals surface area contributed by atoms with Gasteiger partial charge in [0.05, 0.1) is 22.1 Å². The van der Waals surface area contributed by atoms with Crippen LogP contribution in [0.4, 0.5) is 0 Å². The minimum absolute atomic E-state index is 0.120. The molecule has 0 saturated heterocycles. The first-order valence-corrected chi connectivity index (χ1v) is 8.92. The summed E-state index contributed by atoms with van der Waals surface area (Å²) < 4.78 is 3.47. The molecule has 0 atom stereocenters. The van der Waals surface area contributed by atoms with E-state index in [4.69, 9.17) is 0 Å². The van der Waals surface area contributed by atoms with Crippen LogP contribution in [-0.2, 0) is 0 Å². The lowest BCUT2D eigenvalue weighted by Crippen LogP contribution is -2.40. The number of aromatic carboxylic acids is 1. The molecule has 0 bridgehead atoms. The predicted molar refractivity (Wildman–Crippen MR) is 105 cm³/mol. The number of hydrogen-bond acceptors (Lipinski definition) is 3. The largest absolute Gasteiger partial charge is 0.545 e. The lowest BCUT2D eigenvalue weighted by molar-refractivity contribution is -0.592. The van der Waals surface area contributed by atoms with Crippen LogP contribution >= 0.6 is 0 Å².